The molecule has 4 nitrogen and oxygen atoms in total. The summed E-state index contributed by atoms with van der Waals surface area (Å²) in [7, 11) is 0. The minimum Gasteiger partial charge on any atom is -0.477 e. The summed E-state index contributed by atoms with van der Waals surface area (Å²) < 4.78 is 13.0. The molecule has 0 atom stereocenters. The number of halogens is 1. The first-order valence-corrected chi connectivity index (χ1v) is 5.86. The summed E-state index contributed by atoms with van der Waals surface area (Å²) in [5, 5.41) is 8.75. The zero-order chi connectivity index (χ0) is 12.4. The van der Waals surface area contributed by atoms with Crippen LogP contribution in [0.3, 0.4) is 0 Å². The summed E-state index contributed by atoms with van der Waals surface area (Å²) in [5.74, 6) is -1.69. The SMILES string of the molecule is O=C(O)c1ccc(C(=O)N2CCC=C(F)C2)s1. The summed E-state index contributed by atoms with van der Waals surface area (Å²) in [6.07, 6.45) is 1.95. The molecule has 0 bridgehead atoms. The molecule has 1 aliphatic heterocycles. The van der Waals surface area contributed by atoms with E-state index in [4.69, 9.17) is 5.11 Å². The number of carbonyl (C=O) groups excluding carboxylic acids is 1. The molecule has 1 aromatic heterocycles. The van der Waals surface area contributed by atoms with E-state index in [1.54, 1.807) is 0 Å². The highest BCUT2D eigenvalue weighted by atomic mass is 32.1. The topological polar surface area (TPSA) is 57.6 Å². The molecule has 0 saturated carbocycles. The van der Waals surface area contributed by atoms with Crippen molar-refractivity contribution in [3.8, 4) is 0 Å². The second kappa shape index (κ2) is 4.67. The van der Waals surface area contributed by atoms with Crippen LogP contribution in [0.25, 0.3) is 0 Å². The second-order valence-electron chi connectivity index (χ2n) is 3.64. The summed E-state index contributed by atoms with van der Waals surface area (Å²) in [4.78, 5) is 24.4. The Hall–Kier alpha value is -1.69. The van der Waals surface area contributed by atoms with Crippen LogP contribution in [0.2, 0.25) is 0 Å². The third kappa shape index (κ3) is 2.52. The van der Waals surface area contributed by atoms with E-state index in [-0.39, 0.29) is 23.2 Å². The molecular weight excluding hydrogens is 245 g/mol. The zero-order valence-electron chi connectivity index (χ0n) is 8.85. The Morgan fingerprint density at radius 1 is 1.35 bits per heavy atom. The van der Waals surface area contributed by atoms with E-state index in [9.17, 15) is 14.0 Å². The molecule has 0 radical (unpaired) electrons. The Balaban J connectivity index is 2.14. The van der Waals surface area contributed by atoms with Crippen LogP contribution in [0.4, 0.5) is 4.39 Å². The monoisotopic (exact) mass is 255 g/mol. The van der Waals surface area contributed by atoms with E-state index in [1.807, 2.05) is 0 Å². The third-order valence-corrected chi connectivity index (χ3v) is 3.48. The van der Waals surface area contributed by atoms with Crippen molar-refractivity contribution in [3.63, 3.8) is 0 Å². The first-order chi connectivity index (χ1) is 8.08. The predicted octanol–water partition coefficient (Wildman–Crippen LogP) is 2.15. The van der Waals surface area contributed by atoms with Crippen LogP contribution < -0.4 is 0 Å². The number of amides is 1. The molecule has 0 unspecified atom stereocenters. The fourth-order valence-electron chi connectivity index (χ4n) is 1.60. The average Bonchev–Trinajstić information content (AvgIpc) is 2.77. The number of carboxylic acids is 1. The van der Waals surface area contributed by atoms with Crippen LogP contribution >= 0.6 is 11.3 Å². The number of thiophene rings is 1. The highest BCUT2D eigenvalue weighted by Crippen LogP contribution is 2.20. The minimum atomic E-state index is -1.06. The van der Waals surface area contributed by atoms with E-state index in [2.05, 4.69) is 0 Å². The fraction of sp³-hybridized carbons (Fsp3) is 0.273. The molecule has 1 aromatic rings. The van der Waals surface area contributed by atoms with E-state index in [0.717, 1.165) is 11.3 Å². The Morgan fingerprint density at radius 2 is 2.06 bits per heavy atom. The lowest BCUT2D eigenvalue weighted by atomic mass is 10.2. The van der Waals surface area contributed by atoms with Crippen LogP contribution in [-0.4, -0.2) is 35.0 Å². The van der Waals surface area contributed by atoms with E-state index in [1.165, 1.54) is 23.1 Å². The lowest BCUT2D eigenvalue weighted by Crippen LogP contribution is -2.34. The molecule has 1 aliphatic rings. The van der Waals surface area contributed by atoms with Gasteiger partial charge in [-0.15, -0.1) is 11.3 Å². The van der Waals surface area contributed by atoms with Gasteiger partial charge in [-0.3, -0.25) is 4.79 Å². The summed E-state index contributed by atoms with van der Waals surface area (Å²) in [6, 6.07) is 2.85. The first kappa shape index (κ1) is 11.8. The zero-order valence-corrected chi connectivity index (χ0v) is 9.67. The van der Waals surface area contributed by atoms with E-state index >= 15 is 0 Å². The molecule has 2 rings (SSSR count). The van der Waals surface area contributed by atoms with Gasteiger partial charge in [0.05, 0.1) is 11.4 Å². The van der Waals surface area contributed by atoms with Crippen LogP contribution in [0, 0.1) is 0 Å². The van der Waals surface area contributed by atoms with Gasteiger partial charge in [0.1, 0.15) is 10.7 Å². The molecule has 0 saturated heterocycles. The standard InChI is InChI=1S/C11H10FNO3S/c12-7-2-1-5-13(6-7)10(14)8-3-4-9(17-8)11(15)16/h2-4H,1,5-6H2,(H,15,16). The molecule has 0 aliphatic carbocycles. The number of carboxylic acid groups (broad SMARTS) is 1. The van der Waals surface area contributed by atoms with E-state index < -0.39 is 5.97 Å². The van der Waals surface area contributed by atoms with Gasteiger partial charge < -0.3 is 10.0 Å². The highest BCUT2D eigenvalue weighted by molar-refractivity contribution is 7.15. The van der Waals surface area contributed by atoms with Gasteiger partial charge >= 0.3 is 5.97 Å². The predicted molar refractivity (Wildman–Crippen MR) is 61.0 cm³/mol. The van der Waals surface area contributed by atoms with Crippen molar-refractivity contribution in [3.05, 3.63) is 33.8 Å². The number of rotatable bonds is 2. The molecule has 2 heterocycles. The van der Waals surface area contributed by atoms with Crippen molar-refractivity contribution in [2.24, 2.45) is 0 Å². The van der Waals surface area contributed by atoms with Gasteiger partial charge in [0.25, 0.3) is 5.91 Å². The Labute approximate surface area is 101 Å². The molecule has 17 heavy (non-hydrogen) atoms. The van der Waals surface area contributed by atoms with Gasteiger partial charge in [-0.2, -0.15) is 0 Å². The average molecular weight is 255 g/mol. The lowest BCUT2D eigenvalue weighted by molar-refractivity contribution is 0.0701. The summed E-state index contributed by atoms with van der Waals surface area (Å²) >= 11 is 0.911. The van der Waals surface area contributed by atoms with Crippen molar-refractivity contribution in [1.82, 2.24) is 4.90 Å². The fourth-order valence-corrected chi connectivity index (χ4v) is 2.41. The van der Waals surface area contributed by atoms with Crippen molar-refractivity contribution in [1.29, 1.82) is 0 Å². The van der Waals surface area contributed by atoms with Gasteiger partial charge in [-0.25, -0.2) is 9.18 Å². The molecule has 1 amide bonds. The van der Waals surface area contributed by atoms with Gasteiger partial charge in [0.2, 0.25) is 0 Å². The molecule has 0 spiro atoms. The van der Waals surface area contributed by atoms with Gasteiger partial charge in [0, 0.05) is 6.54 Å². The van der Waals surface area contributed by atoms with Crippen molar-refractivity contribution >= 4 is 23.2 Å². The number of hydrogen-bond donors (Lipinski definition) is 1. The third-order valence-electron chi connectivity index (χ3n) is 2.42. The Bertz CT molecular complexity index is 495. The van der Waals surface area contributed by atoms with Crippen LogP contribution in [0.5, 0.6) is 0 Å². The number of hydrogen-bond acceptors (Lipinski definition) is 3. The first-order valence-electron chi connectivity index (χ1n) is 5.05. The van der Waals surface area contributed by atoms with Crippen LogP contribution in [0.1, 0.15) is 25.8 Å². The van der Waals surface area contributed by atoms with Crippen molar-refractivity contribution < 1.29 is 19.1 Å². The van der Waals surface area contributed by atoms with Gasteiger partial charge in [-0.05, 0) is 24.6 Å². The van der Waals surface area contributed by atoms with Crippen molar-refractivity contribution in [2.75, 3.05) is 13.1 Å². The second-order valence-corrected chi connectivity index (χ2v) is 4.72. The minimum absolute atomic E-state index is 0.0286. The molecule has 90 valence electrons. The molecule has 0 fully saturated rings. The van der Waals surface area contributed by atoms with E-state index in [0.29, 0.717) is 17.8 Å². The molecular formula is C11H10FNO3S. The number of nitrogens with zero attached hydrogens (tertiary/aromatic N) is 1. The molecule has 6 heteroatoms. The van der Waals surface area contributed by atoms with Crippen LogP contribution in [-0.2, 0) is 0 Å². The highest BCUT2D eigenvalue weighted by Gasteiger charge is 2.21. The quantitative estimate of drug-likeness (QED) is 0.880. The van der Waals surface area contributed by atoms with Crippen LogP contribution in [0.15, 0.2) is 24.0 Å². The van der Waals surface area contributed by atoms with Gasteiger partial charge in [-0.1, -0.05) is 0 Å². The summed E-state index contributed by atoms with van der Waals surface area (Å²) in [5.41, 5.74) is 0. The largest absolute Gasteiger partial charge is 0.477 e. The lowest BCUT2D eigenvalue weighted by Gasteiger charge is -2.23. The Morgan fingerprint density at radius 3 is 2.65 bits per heavy atom. The maximum Gasteiger partial charge on any atom is 0.345 e. The number of carbonyl (C=O) groups is 2. The number of aromatic carboxylic acids is 1. The van der Waals surface area contributed by atoms with Crippen molar-refractivity contribution in [2.45, 2.75) is 6.42 Å². The maximum atomic E-state index is 13.0. The molecule has 1 N–H and O–H groups in total. The maximum absolute atomic E-state index is 13.0. The normalized spacial score (nSPS) is 15.6. The smallest absolute Gasteiger partial charge is 0.345 e. The molecule has 0 aromatic carbocycles. The van der Waals surface area contributed by atoms with Gasteiger partial charge in [0.15, 0.2) is 0 Å². The summed E-state index contributed by atoms with van der Waals surface area (Å²) in [6.45, 7) is 0.436. The Kier molecular flexibility index (Phi) is 3.23.